The van der Waals surface area contributed by atoms with Gasteiger partial charge in [0.15, 0.2) is 0 Å². The van der Waals surface area contributed by atoms with Gasteiger partial charge in [0.1, 0.15) is 0 Å². The van der Waals surface area contributed by atoms with E-state index in [1.165, 1.54) is 26.5 Å². The van der Waals surface area contributed by atoms with Gasteiger partial charge in [0.05, 0.1) is 0 Å². The highest BCUT2D eigenvalue weighted by atomic mass is 79.9. The Morgan fingerprint density at radius 3 is 2.47 bits per heavy atom. The Labute approximate surface area is 109 Å². The first-order valence-corrected chi connectivity index (χ1v) is 6.81. The van der Waals surface area contributed by atoms with E-state index in [1.54, 1.807) is 0 Å². The number of aryl methyl sites for hydroxylation is 1. The molecule has 0 aliphatic carbocycles. The molecular weight excluding hydrogens is 318 g/mol. The molecule has 0 saturated heterocycles. The summed E-state index contributed by atoms with van der Waals surface area (Å²) in [5, 5.41) is 3.36. The molecule has 0 fully saturated rings. The third kappa shape index (κ3) is 3.30. The van der Waals surface area contributed by atoms with E-state index in [2.05, 4.69) is 63.2 Å². The van der Waals surface area contributed by atoms with Gasteiger partial charge in [-0.1, -0.05) is 45.2 Å². The van der Waals surface area contributed by atoms with Crippen LogP contribution < -0.4 is 5.32 Å². The Hall–Kier alpha value is 0.140. The molecule has 15 heavy (non-hydrogen) atoms. The van der Waals surface area contributed by atoms with E-state index in [9.17, 15) is 0 Å². The van der Waals surface area contributed by atoms with Gasteiger partial charge in [0.25, 0.3) is 0 Å². The molecule has 0 aliphatic heterocycles. The summed E-state index contributed by atoms with van der Waals surface area (Å²) in [5.74, 6) is 0. The van der Waals surface area contributed by atoms with Gasteiger partial charge in [0, 0.05) is 15.0 Å². The van der Waals surface area contributed by atoms with Crippen molar-refractivity contribution in [3.8, 4) is 0 Å². The molecule has 1 nitrogen and oxygen atoms in total. The lowest BCUT2D eigenvalue weighted by molar-refractivity contribution is 0.539. The van der Waals surface area contributed by atoms with E-state index in [4.69, 9.17) is 0 Å². The molecule has 84 valence electrons. The fourth-order valence-corrected chi connectivity index (χ4v) is 2.77. The van der Waals surface area contributed by atoms with Crippen LogP contribution in [-0.4, -0.2) is 7.05 Å². The molecule has 0 aromatic heterocycles. The lowest BCUT2D eigenvalue weighted by Crippen LogP contribution is -2.16. The fourth-order valence-electron chi connectivity index (χ4n) is 1.67. The van der Waals surface area contributed by atoms with Crippen LogP contribution in [0.5, 0.6) is 0 Å². The van der Waals surface area contributed by atoms with E-state index in [0.29, 0.717) is 6.04 Å². The lowest BCUT2D eigenvalue weighted by Gasteiger charge is -2.18. The molecule has 0 spiro atoms. The maximum absolute atomic E-state index is 3.63. The molecule has 0 radical (unpaired) electrons. The van der Waals surface area contributed by atoms with Gasteiger partial charge < -0.3 is 5.32 Å². The molecular formula is C12H17Br2N. The lowest BCUT2D eigenvalue weighted by atomic mass is 10.0. The van der Waals surface area contributed by atoms with E-state index >= 15 is 0 Å². The summed E-state index contributed by atoms with van der Waals surface area (Å²) in [7, 11) is 2.01. The van der Waals surface area contributed by atoms with E-state index in [0.717, 1.165) is 6.42 Å². The second kappa shape index (κ2) is 6.02. The molecule has 3 heteroatoms. The molecule has 1 atom stereocenters. The van der Waals surface area contributed by atoms with Crippen LogP contribution in [-0.2, 0) is 0 Å². The molecule has 0 heterocycles. The van der Waals surface area contributed by atoms with Crippen molar-refractivity contribution in [1.82, 2.24) is 5.32 Å². The van der Waals surface area contributed by atoms with Gasteiger partial charge in [-0.15, -0.1) is 0 Å². The van der Waals surface area contributed by atoms with Gasteiger partial charge in [-0.2, -0.15) is 0 Å². The highest BCUT2D eigenvalue weighted by Gasteiger charge is 2.13. The summed E-state index contributed by atoms with van der Waals surface area (Å²) < 4.78 is 2.37. The van der Waals surface area contributed by atoms with Crippen molar-refractivity contribution in [3.63, 3.8) is 0 Å². The van der Waals surface area contributed by atoms with Gasteiger partial charge in [-0.3, -0.25) is 0 Å². The molecule has 1 aromatic carbocycles. The van der Waals surface area contributed by atoms with Crippen molar-refractivity contribution >= 4 is 31.9 Å². The predicted octanol–water partition coefficient (Wildman–Crippen LogP) is 4.58. The monoisotopic (exact) mass is 333 g/mol. The number of hydrogen-bond acceptors (Lipinski definition) is 1. The Kier molecular flexibility index (Phi) is 5.30. The predicted molar refractivity (Wildman–Crippen MR) is 73.3 cm³/mol. The minimum Gasteiger partial charge on any atom is -0.313 e. The SMILES string of the molecule is CCCC(NC)c1cc(Br)c(C)cc1Br. The maximum Gasteiger partial charge on any atom is 0.0329 e. The van der Waals surface area contributed by atoms with Crippen molar-refractivity contribution in [1.29, 1.82) is 0 Å². The van der Waals surface area contributed by atoms with Crippen LogP contribution in [0.15, 0.2) is 21.1 Å². The minimum absolute atomic E-state index is 0.432. The first-order chi connectivity index (χ1) is 7.10. The molecule has 1 aromatic rings. The van der Waals surface area contributed by atoms with Crippen molar-refractivity contribution < 1.29 is 0 Å². The number of halogens is 2. The standard InChI is InChI=1S/C12H17Br2N/c1-4-5-12(15-3)9-7-10(13)8(2)6-11(9)14/h6-7,12,15H,4-5H2,1-3H3. The van der Waals surface area contributed by atoms with Crippen LogP contribution >= 0.6 is 31.9 Å². The van der Waals surface area contributed by atoms with Crippen molar-refractivity contribution in [2.45, 2.75) is 32.7 Å². The topological polar surface area (TPSA) is 12.0 Å². The zero-order valence-electron chi connectivity index (χ0n) is 9.40. The van der Waals surface area contributed by atoms with Gasteiger partial charge in [0.2, 0.25) is 0 Å². The third-order valence-electron chi connectivity index (χ3n) is 2.58. The van der Waals surface area contributed by atoms with Gasteiger partial charge in [-0.05, 0) is 43.7 Å². The number of benzene rings is 1. The summed E-state index contributed by atoms with van der Waals surface area (Å²) in [4.78, 5) is 0. The van der Waals surface area contributed by atoms with E-state index in [-0.39, 0.29) is 0 Å². The Morgan fingerprint density at radius 2 is 1.93 bits per heavy atom. The van der Waals surface area contributed by atoms with Crippen molar-refractivity contribution in [3.05, 3.63) is 32.2 Å². The maximum atomic E-state index is 3.63. The molecule has 0 amide bonds. The second-order valence-electron chi connectivity index (χ2n) is 3.75. The van der Waals surface area contributed by atoms with Gasteiger partial charge >= 0.3 is 0 Å². The summed E-state index contributed by atoms with van der Waals surface area (Å²) >= 11 is 7.21. The molecule has 1 rings (SSSR count). The average molecular weight is 335 g/mol. The van der Waals surface area contributed by atoms with Crippen LogP contribution in [0.25, 0.3) is 0 Å². The number of hydrogen-bond donors (Lipinski definition) is 1. The van der Waals surface area contributed by atoms with Crippen LogP contribution in [0.1, 0.15) is 36.9 Å². The van der Waals surface area contributed by atoms with Crippen LogP contribution in [0.4, 0.5) is 0 Å². The second-order valence-corrected chi connectivity index (χ2v) is 5.46. The zero-order valence-corrected chi connectivity index (χ0v) is 12.6. The largest absolute Gasteiger partial charge is 0.313 e. The average Bonchev–Trinajstić information content (AvgIpc) is 2.20. The molecule has 1 unspecified atom stereocenters. The first-order valence-electron chi connectivity index (χ1n) is 5.23. The number of rotatable bonds is 4. The highest BCUT2D eigenvalue weighted by molar-refractivity contribution is 9.11. The first kappa shape index (κ1) is 13.2. The van der Waals surface area contributed by atoms with E-state index in [1.807, 2.05) is 7.05 Å². The minimum atomic E-state index is 0.432. The summed E-state index contributed by atoms with van der Waals surface area (Å²) in [6.07, 6.45) is 2.34. The number of nitrogens with one attached hydrogen (secondary N) is 1. The Balaban J connectivity index is 3.06. The fraction of sp³-hybridized carbons (Fsp3) is 0.500. The molecule has 0 saturated carbocycles. The van der Waals surface area contributed by atoms with E-state index < -0.39 is 0 Å². The van der Waals surface area contributed by atoms with Crippen LogP contribution in [0, 0.1) is 6.92 Å². The quantitative estimate of drug-likeness (QED) is 0.849. The Bertz CT molecular complexity index is 337. The summed E-state index contributed by atoms with van der Waals surface area (Å²) in [5.41, 5.74) is 2.59. The normalized spacial score (nSPS) is 12.9. The molecule has 1 N–H and O–H groups in total. The highest BCUT2D eigenvalue weighted by Crippen LogP contribution is 2.31. The summed E-state index contributed by atoms with van der Waals surface area (Å²) in [6, 6.07) is 4.80. The zero-order chi connectivity index (χ0) is 11.4. The van der Waals surface area contributed by atoms with Crippen LogP contribution in [0.3, 0.4) is 0 Å². The van der Waals surface area contributed by atoms with Crippen molar-refractivity contribution in [2.75, 3.05) is 7.05 Å². The molecule has 0 aliphatic rings. The van der Waals surface area contributed by atoms with Crippen molar-refractivity contribution in [2.24, 2.45) is 0 Å². The summed E-state index contributed by atoms with van der Waals surface area (Å²) in [6.45, 7) is 4.31. The molecule has 0 bridgehead atoms. The third-order valence-corrected chi connectivity index (χ3v) is 4.12. The van der Waals surface area contributed by atoms with Crippen LogP contribution in [0.2, 0.25) is 0 Å². The van der Waals surface area contributed by atoms with Gasteiger partial charge in [-0.25, -0.2) is 0 Å². The smallest absolute Gasteiger partial charge is 0.0329 e. The Morgan fingerprint density at radius 1 is 1.27 bits per heavy atom.